The molecule has 1 heterocycles. The van der Waals surface area contributed by atoms with Crippen molar-refractivity contribution in [3.63, 3.8) is 0 Å². The quantitative estimate of drug-likeness (QED) is 0.753. The van der Waals surface area contributed by atoms with Gasteiger partial charge in [0.15, 0.2) is 0 Å². The van der Waals surface area contributed by atoms with Crippen molar-refractivity contribution in [2.45, 2.75) is 18.9 Å². The second-order valence-corrected chi connectivity index (χ2v) is 5.51. The highest BCUT2D eigenvalue weighted by molar-refractivity contribution is 7.85. The molecule has 1 aliphatic rings. The predicted octanol–water partition coefficient (Wildman–Crippen LogP) is 1.72. The van der Waals surface area contributed by atoms with Gasteiger partial charge in [-0.3, -0.25) is 4.21 Å². The highest BCUT2D eigenvalue weighted by Crippen LogP contribution is 2.18. The van der Waals surface area contributed by atoms with Crippen LogP contribution in [0.2, 0.25) is 0 Å². The number of phenols is 1. The van der Waals surface area contributed by atoms with Crippen molar-refractivity contribution in [3.8, 4) is 5.75 Å². The number of hydrogen-bond acceptors (Lipinski definition) is 3. The highest BCUT2D eigenvalue weighted by Gasteiger charge is 2.17. The van der Waals surface area contributed by atoms with Crippen LogP contribution in [0, 0.1) is 0 Å². The monoisotopic (exact) mass is 225 g/mol. The number of rotatable bonds is 2. The second kappa shape index (κ2) is 4.66. The van der Waals surface area contributed by atoms with E-state index in [0.29, 0.717) is 6.04 Å². The van der Waals surface area contributed by atoms with Crippen LogP contribution in [0.25, 0.3) is 0 Å². The minimum absolute atomic E-state index is 0.283. The maximum absolute atomic E-state index is 11.2. The molecule has 0 saturated carbocycles. The Labute approximate surface area is 92.0 Å². The first-order valence-electron chi connectivity index (χ1n) is 5.14. The minimum Gasteiger partial charge on any atom is -0.508 e. The molecule has 0 radical (unpaired) electrons. The first-order chi connectivity index (χ1) is 7.24. The largest absolute Gasteiger partial charge is 0.508 e. The van der Waals surface area contributed by atoms with Crippen LogP contribution in [0.1, 0.15) is 12.8 Å². The summed E-state index contributed by atoms with van der Waals surface area (Å²) in [7, 11) is -0.603. The molecule has 1 aromatic carbocycles. The third kappa shape index (κ3) is 2.96. The molecule has 1 saturated heterocycles. The van der Waals surface area contributed by atoms with Gasteiger partial charge in [-0.2, -0.15) is 0 Å². The molecule has 0 aliphatic carbocycles. The van der Waals surface area contributed by atoms with Crippen LogP contribution < -0.4 is 5.32 Å². The number of nitrogens with one attached hydrogen (secondary N) is 1. The predicted molar refractivity (Wildman–Crippen MR) is 62.6 cm³/mol. The van der Waals surface area contributed by atoms with Gasteiger partial charge in [0.1, 0.15) is 5.75 Å². The molecule has 3 nitrogen and oxygen atoms in total. The van der Waals surface area contributed by atoms with Crippen LogP contribution in [-0.2, 0) is 10.8 Å². The molecule has 1 aliphatic heterocycles. The van der Waals surface area contributed by atoms with Gasteiger partial charge in [0.25, 0.3) is 0 Å². The van der Waals surface area contributed by atoms with Gasteiger partial charge < -0.3 is 10.4 Å². The van der Waals surface area contributed by atoms with Crippen molar-refractivity contribution in [2.75, 3.05) is 16.8 Å². The van der Waals surface area contributed by atoms with Gasteiger partial charge in [0.2, 0.25) is 0 Å². The molecule has 0 atom stereocenters. The van der Waals surface area contributed by atoms with E-state index < -0.39 is 10.8 Å². The van der Waals surface area contributed by atoms with E-state index in [9.17, 15) is 4.21 Å². The molecule has 2 N–H and O–H groups in total. The first kappa shape index (κ1) is 10.5. The zero-order valence-corrected chi connectivity index (χ0v) is 9.30. The van der Waals surface area contributed by atoms with E-state index in [1.807, 2.05) is 12.1 Å². The van der Waals surface area contributed by atoms with Gasteiger partial charge >= 0.3 is 0 Å². The van der Waals surface area contributed by atoms with Crippen LogP contribution >= 0.6 is 0 Å². The minimum atomic E-state index is -0.603. The summed E-state index contributed by atoms with van der Waals surface area (Å²) < 4.78 is 11.2. The fourth-order valence-electron chi connectivity index (χ4n) is 1.73. The molecule has 0 unspecified atom stereocenters. The van der Waals surface area contributed by atoms with Crippen LogP contribution in [0.15, 0.2) is 24.3 Å². The normalized spacial score (nSPS) is 26.1. The van der Waals surface area contributed by atoms with Crippen LogP contribution in [0.5, 0.6) is 5.75 Å². The van der Waals surface area contributed by atoms with E-state index in [-0.39, 0.29) is 5.75 Å². The highest BCUT2D eigenvalue weighted by atomic mass is 32.2. The lowest BCUT2D eigenvalue weighted by Gasteiger charge is -2.23. The molecule has 1 aromatic rings. The SMILES string of the molecule is O=S1CCC(Nc2ccc(O)cc2)CC1. The van der Waals surface area contributed by atoms with E-state index in [0.717, 1.165) is 30.0 Å². The van der Waals surface area contributed by atoms with Crippen molar-refractivity contribution in [1.82, 2.24) is 0 Å². The Hall–Kier alpha value is -1.03. The molecule has 82 valence electrons. The van der Waals surface area contributed by atoms with Crippen molar-refractivity contribution >= 4 is 16.5 Å². The Bertz CT molecular complexity index is 340. The number of benzene rings is 1. The smallest absolute Gasteiger partial charge is 0.115 e. The first-order valence-corrected chi connectivity index (χ1v) is 6.63. The van der Waals surface area contributed by atoms with E-state index in [4.69, 9.17) is 5.11 Å². The standard InChI is InChI=1S/C11H15NO2S/c13-11-3-1-9(2-4-11)12-10-5-7-15(14)8-6-10/h1-4,10,12-13H,5-8H2. The number of hydrogen-bond donors (Lipinski definition) is 2. The van der Waals surface area contributed by atoms with E-state index >= 15 is 0 Å². The number of phenolic OH excluding ortho intramolecular Hbond substituents is 1. The molecule has 0 spiro atoms. The Kier molecular flexibility index (Phi) is 3.26. The summed E-state index contributed by atoms with van der Waals surface area (Å²) >= 11 is 0. The molecule has 0 aromatic heterocycles. The number of aromatic hydroxyl groups is 1. The van der Waals surface area contributed by atoms with Crippen molar-refractivity contribution in [2.24, 2.45) is 0 Å². The topological polar surface area (TPSA) is 49.3 Å². The lowest BCUT2D eigenvalue weighted by atomic mass is 10.1. The van der Waals surface area contributed by atoms with Crippen molar-refractivity contribution in [1.29, 1.82) is 0 Å². The average molecular weight is 225 g/mol. The summed E-state index contributed by atoms with van der Waals surface area (Å²) in [5.74, 6) is 1.89. The lowest BCUT2D eigenvalue weighted by Crippen LogP contribution is -2.29. The van der Waals surface area contributed by atoms with E-state index in [1.165, 1.54) is 0 Å². The third-order valence-electron chi connectivity index (χ3n) is 2.63. The Morgan fingerprint density at radius 2 is 1.80 bits per heavy atom. The molecule has 0 amide bonds. The summed E-state index contributed by atoms with van der Waals surface area (Å²) in [6.45, 7) is 0. The molecule has 0 bridgehead atoms. The summed E-state index contributed by atoms with van der Waals surface area (Å²) in [5, 5.41) is 12.5. The maximum Gasteiger partial charge on any atom is 0.115 e. The summed E-state index contributed by atoms with van der Waals surface area (Å²) in [5.41, 5.74) is 1.02. The van der Waals surface area contributed by atoms with Crippen LogP contribution in [0.3, 0.4) is 0 Å². The molecule has 4 heteroatoms. The van der Waals surface area contributed by atoms with E-state index in [1.54, 1.807) is 12.1 Å². The third-order valence-corrected chi connectivity index (χ3v) is 4.01. The van der Waals surface area contributed by atoms with Crippen molar-refractivity contribution < 1.29 is 9.32 Å². The Morgan fingerprint density at radius 3 is 2.40 bits per heavy atom. The molecule has 15 heavy (non-hydrogen) atoms. The Balaban J connectivity index is 1.91. The van der Waals surface area contributed by atoms with Gasteiger partial charge in [0, 0.05) is 34.0 Å². The van der Waals surface area contributed by atoms with Crippen molar-refractivity contribution in [3.05, 3.63) is 24.3 Å². The van der Waals surface area contributed by atoms with Gasteiger partial charge in [-0.15, -0.1) is 0 Å². The average Bonchev–Trinajstić information content (AvgIpc) is 2.25. The number of anilines is 1. The fraction of sp³-hybridized carbons (Fsp3) is 0.455. The fourth-order valence-corrected chi connectivity index (χ4v) is 3.03. The zero-order chi connectivity index (χ0) is 10.7. The summed E-state index contributed by atoms with van der Waals surface area (Å²) in [6, 6.07) is 7.49. The van der Waals surface area contributed by atoms with Crippen LogP contribution in [0.4, 0.5) is 5.69 Å². The van der Waals surface area contributed by atoms with Gasteiger partial charge in [0.05, 0.1) is 0 Å². The second-order valence-electron chi connectivity index (χ2n) is 3.81. The molecule has 1 fully saturated rings. The van der Waals surface area contributed by atoms with Gasteiger partial charge in [-0.25, -0.2) is 0 Å². The Morgan fingerprint density at radius 1 is 1.20 bits per heavy atom. The van der Waals surface area contributed by atoms with Gasteiger partial charge in [-0.1, -0.05) is 0 Å². The van der Waals surface area contributed by atoms with E-state index in [2.05, 4.69) is 5.32 Å². The molecule has 2 rings (SSSR count). The zero-order valence-electron chi connectivity index (χ0n) is 8.48. The molecular weight excluding hydrogens is 210 g/mol. The van der Waals surface area contributed by atoms with Crippen LogP contribution in [-0.4, -0.2) is 26.9 Å². The summed E-state index contributed by atoms with van der Waals surface area (Å²) in [4.78, 5) is 0. The maximum atomic E-state index is 11.2. The molecular formula is C11H15NO2S. The van der Waals surface area contributed by atoms with Gasteiger partial charge in [-0.05, 0) is 37.1 Å². The summed E-state index contributed by atoms with van der Waals surface area (Å²) in [6.07, 6.45) is 1.93. The lowest BCUT2D eigenvalue weighted by molar-refractivity contribution is 0.475.